The normalized spacial score (nSPS) is 12.6. The SMILES string of the molecule is CCOC(=O)c1ccc(NCc2ccc3c(c2)OCCO3)nc1. The Balaban J connectivity index is 1.61. The van der Waals surface area contributed by atoms with Crippen LogP contribution < -0.4 is 14.8 Å². The number of ether oxygens (including phenoxy) is 3. The molecular formula is C17H18N2O4. The van der Waals surface area contributed by atoms with Crippen LogP contribution in [0, 0.1) is 0 Å². The molecule has 0 radical (unpaired) electrons. The molecule has 0 amide bonds. The molecule has 0 atom stereocenters. The lowest BCUT2D eigenvalue weighted by molar-refractivity contribution is 0.0526. The molecule has 0 saturated carbocycles. The minimum atomic E-state index is -0.363. The zero-order valence-corrected chi connectivity index (χ0v) is 12.9. The van der Waals surface area contributed by atoms with Gasteiger partial charge in [0.05, 0.1) is 12.2 Å². The lowest BCUT2D eigenvalue weighted by Gasteiger charge is -2.19. The van der Waals surface area contributed by atoms with E-state index in [1.807, 2.05) is 18.2 Å². The Morgan fingerprint density at radius 2 is 2.04 bits per heavy atom. The number of carbonyl (C=O) groups is 1. The van der Waals surface area contributed by atoms with Gasteiger partial charge in [-0.15, -0.1) is 0 Å². The summed E-state index contributed by atoms with van der Waals surface area (Å²) in [6, 6.07) is 9.28. The number of hydrogen-bond donors (Lipinski definition) is 1. The first kappa shape index (κ1) is 15.1. The fraction of sp³-hybridized carbons (Fsp3) is 0.294. The summed E-state index contributed by atoms with van der Waals surface area (Å²) in [5, 5.41) is 3.21. The van der Waals surface area contributed by atoms with Gasteiger partial charge < -0.3 is 19.5 Å². The predicted octanol–water partition coefficient (Wildman–Crippen LogP) is 2.64. The van der Waals surface area contributed by atoms with Crippen molar-refractivity contribution in [2.45, 2.75) is 13.5 Å². The zero-order chi connectivity index (χ0) is 16.1. The first-order chi connectivity index (χ1) is 11.3. The molecule has 1 aliphatic heterocycles. The van der Waals surface area contributed by atoms with Gasteiger partial charge in [-0.1, -0.05) is 6.07 Å². The first-order valence-corrected chi connectivity index (χ1v) is 7.52. The molecule has 0 saturated heterocycles. The molecule has 0 fully saturated rings. The van der Waals surface area contributed by atoms with Crippen LogP contribution in [0.5, 0.6) is 11.5 Å². The van der Waals surface area contributed by atoms with Crippen LogP contribution >= 0.6 is 0 Å². The molecule has 6 heteroatoms. The third kappa shape index (κ3) is 3.71. The molecule has 1 N–H and O–H groups in total. The molecule has 23 heavy (non-hydrogen) atoms. The van der Waals surface area contributed by atoms with E-state index < -0.39 is 0 Å². The van der Waals surface area contributed by atoms with Crippen molar-refractivity contribution in [2.75, 3.05) is 25.1 Å². The maximum absolute atomic E-state index is 11.6. The van der Waals surface area contributed by atoms with Gasteiger partial charge in [-0.3, -0.25) is 0 Å². The Kier molecular flexibility index (Phi) is 4.61. The summed E-state index contributed by atoms with van der Waals surface area (Å²) in [4.78, 5) is 15.8. The summed E-state index contributed by atoms with van der Waals surface area (Å²) in [7, 11) is 0. The third-order valence-electron chi connectivity index (χ3n) is 3.35. The summed E-state index contributed by atoms with van der Waals surface area (Å²) in [5.74, 6) is 1.87. The highest BCUT2D eigenvalue weighted by molar-refractivity contribution is 5.89. The maximum Gasteiger partial charge on any atom is 0.339 e. The topological polar surface area (TPSA) is 69.7 Å². The van der Waals surface area contributed by atoms with Crippen molar-refractivity contribution in [3.05, 3.63) is 47.7 Å². The van der Waals surface area contributed by atoms with Gasteiger partial charge in [-0.2, -0.15) is 0 Å². The Hall–Kier alpha value is -2.76. The maximum atomic E-state index is 11.6. The lowest BCUT2D eigenvalue weighted by Crippen LogP contribution is -2.15. The lowest BCUT2D eigenvalue weighted by atomic mass is 10.2. The Morgan fingerprint density at radius 1 is 1.22 bits per heavy atom. The van der Waals surface area contributed by atoms with E-state index in [-0.39, 0.29) is 5.97 Å². The number of nitrogens with one attached hydrogen (secondary N) is 1. The van der Waals surface area contributed by atoms with E-state index in [0.717, 1.165) is 17.1 Å². The summed E-state index contributed by atoms with van der Waals surface area (Å²) in [6.07, 6.45) is 1.50. The monoisotopic (exact) mass is 314 g/mol. The summed E-state index contributed by atoms with van der Waals surface area (Å²) in [6.45, 7) is 3.88. The van der Waals surface area contributed by atoms with Gasteiger partial charge in [-0.25, -0.2) is 9.78 Å². The summed E-state index contributed by atoms with van der Waals surface area (Å²) in [5.41, 5.74) is 1.50. The first-order valence-electron chi connectivity index (χ1n) is 7.52. The number of esters is 1. The number of rotatable bonds is 5. The number of fused-ring (bicyclic) bond motifs is 1. The van der Waals surface area contributed by atoms with Crippen LogP contribution in [0.15, 0.2) is 36.5 Å². The van der Waals surface area contributed by atoms with Crippen molar-refractivity contribution >= 4 is 11.8 Å². The Morgan fingerprint density at radius 3 is 2.78 bits per heavy atom. The van der Waals surface area contributed by atoms with Crippen LogP contribution in [0.25, 0.3) is 0 Å². The van der Waals surface area contributed by atoms with Gasteiger partial charge >= 0.3 is 5.97 Å². The van der Waals surface area contributed by atoms with E-state index in [2.05, 4.69) is 10.3 Å². The van der Waals surface area contributed by atoms with Crippen molar-refractivity contribution in [3.8, 4) is 11.5 Å². The van der Waals surface area contributed by atoms with Gasteiger partial charge in [0.25, 0.3) is 0 Å². The van der Waals surface area contributed by atoms with Crippen LogP contribution in [0.2, 0.25) is 0 Å². The van der Waals surface area contributed by atoms with Gasteiger partial charge in [0, 0.05) is 12.7 Å². The predicted molar refractivity (Wildman–Crippen MR) is 85.0 cm³/mol. The van der Waals surface area contributed by atoms with Gasteiger partial charge in [0.1, 0.15) is 19.0 Å². The number of pyridine rings is 1. The minimum Gasteiger partial charge on any atom is -0.486 e. The zero-order valence-electron chi connectivity index (χ0n) is 12.9. The van der Waals surface area contributed by atoms with E-state index in [9.17, 15) is 4.79 Å². The second-order valence-corrected chi connectivity index (χ2v) is 4.98. The van der Waals surface area contributed by atoms with E-state index in [0.29, 0.717) is 37.7 Å². The molecule has 1 aliphatic rings. The average molecular weight is 314 g/mol. The molecule has 0 spiro atoms. The molecule has 1 aromatic carbocycles. The number of hydrogen-bond acceptors (Lipinski definition) is 6. The minimum absolute atomic E-state index is 0.350. The molecule has 0 bridgehead atoms. The summed E-state index contributed by atoms with van der Waals surface area (Å²) >= 11 is 0. The number of nitrogens with zero attached hydrogens (tertiary/aromatic N) is 1. The number of carbonyl (C=O) groups excluding carboxylic acids is 1. The van der Waals surface area contributed by atoms with Crippen molar-refractivity contribution in [3.63, 3.8) is 0 Å². The van der Waals surface area contributed by atoms with Crippen LogP contribution in [-0.4, -0.2) is 30.8 Å². The molecule has 2 heterocycles. The average Bonchev–Trinajstić information content (AvgIpc) is 2.60. The largest absolute Gasteiger partial charge is 0.486 e. The second kappa shape index (κ2) is 7.00. The highest BCUT2D eigenvalue weighted by Crippen LogP contribution is 2.30. The molecule has 6 nitrogen and oxygen atoms in total. The van der Waals surface area contributed by atoms with E-state index in [1.165, 1.54) is 6.20 Å². The second-order valence-electron chi connectivity index (χ2n) is 4.98. The molecule has 2 aromatic rings. The van der Waals surface area contributed by atoms with Crippen molar-refractivity contribution in [2.24, 2.45) is 0 Å². The molecular weight excluding hydrogens is 296 g/mol. The third-order valence-corrected chi connectivity index (χ3v) is 3.35. The number of benzene rings is 1. The fourth-order valence-corrected chi connectivity index (χ4v) is 2.22. The quantitative estimate of drug-likeness (QED) is 0.856. The van der Waals surface area contributed by atoms with E-state index in [1.54, 1.807) is 19.1 Å². The standard InChI is InChI=1S/C17H18N2O4/c1-2-21-17(20)13-4-6-16(19-11-13)18-10-12-3-5-14-15(9-12)23-8-7-22-14/h3-6,9,11H,2,7-8,10H2,1H3,(H,18,19). The fourth-order valence-electron chi connectivity index (χ4n) is 2.22. The summed E-state index contributed by atoms with van der Waals surface area (Å²) < 4.78 is 16.0. The van der Waals surface area contributed by atoms with Crippen LogP contribution in [-0.2, 0) is 11.3 Å². The molecule has 0 unspecified atom stereocenters. The van der Waals surface area contributed by atoms with Gasteiger partial charge in [-0.05, 0) is 36.8 Å². The van der Waals surface area contributed by atoms with E-state index in [4.69, 9.17) is 14.2 Å². The molecule has 1 aromatic heterocycles. The van der Waals surface area contributed by atoms with Crippen LogP contribution in [0.4, 0.5) is 5.82 Å². The van der Waals surface area contributed by atoms with Crippen molar-refractivity contribution < 1.29 is 19.0 Å². The Bertz CT molecular complexity index is 685. The van der Waals surface area contributed by atoms with E-state index >= 15 is 0 Å². The van der Waals surface area contributed by atoms with Crippen LogP contribution in [0.3, 0.4) is 0 Å². The van der Waals surface area contributed by atoms with Crippen molar-refractivity contribution in [1.82, 2.24) is 4.98 Å². The van der Waals surface area contributed by atoms with Gasteiger partial charge in [0.2, 0.25) is 0 Å². The molecule has 0 aliphatic carbocycles. The highest BCUT2D eigenvalue weighted by atomic mass is 16.6. The Labute approximate surface area is 134 Å². The smallest absolute Gasteiger partial charge is 0.339 e. The van der Waals surface area contributed by atoms with Crippen LogP contribution in [0.1, 0.15) is 22.8 Å². The molecule has 120 valence electrons. The molecule has 3 rings (SSSR count). The van der Waals surface area contributed by atoms with Crippen molar-refractivity contribution in [1.29, 1.82) is 0 Å². The van der Waals surface area contributed by atoms with Gasteiger partial charge in [0.15, 0.2) is 11.5 Å². The number of aromatic nitrogens is 1. The highest BCUT2D eigenvalue weighted by Gasteiger charge is 2.11. The number of anilines is 1.